The Morgan fingerprint density at radius 1 is 1.23 bits per heavy atom. The van der Waals surface area contributed by atoms with Crippen molar-refractivity contribution in [3.63, 3.8) is 0 Å². The summed E-state index contributed by atoms with van der Waals surface area (Å²) in [5, 5.41) is 7.84. The summed E-state index contributed by atoms with van der Waals surface area (Å²) in [4.78, 5) is 19.5. The molecule has 2 saturated heterocycles. The van der Waals surface area contributed by atoms with Gasteiger partial charge in [0.05, 0.1) is 15.2 Å². The lowest BCUT2D eigenvalue weighted by Gasteiger charge is -2.35. The smallest absolute Gasteiger partial charge is 0.321 e. The minimum Gasteiger partial charge on any atom is -0.324 e. The summed E-state index contributed by atoms with van der Waals surface area (Å²) in [6.07, 6.45) is 6.18. The highest BCUT2D eigenvalue weighted by atomic mass is 32.1. The van der Waals surface area contributed by atoms with E-state index in [4.69, 9.17) is 4.98 Å². The van der Waals surface area contributed by atoms with Crippen LogP contribution in [0.25, 0.3) is 10.2 Å². The number of hydrogen-bond donors (Lipinski definition) is 2. The van der Waals surface area contributed by atoms with Crippen molar-refractivity contribution in [2.45, 2.75) is 38.0 Å². The number of thiazole rings is 1. The van der Waals surface area contributed by atoms with E-state index in [9.17, 15) is 4.79 Å². The molecule has 1 aromatic carbocycles. The highest BCUT2D eigenvalue weighted by molar-refractivity contribution is 7.18. The number of aromatic nitrogens is 1. The minimum atomic E-state index is 0.0481. The fourth-order valence-corrected chi connectivity index (χ4v) is 5.56. The van der Waals surface area contributed by atoms with Crippen LogP contribution in [-0.2, 0) is 0 Å². The molecule has 0 radical (unpaired) electrons. The Bertz CT molecular complexity index is 809. The highest BCUT2D eigenvalue weighted by Crippen LogP contribution is 2.43. The Morgan fingerprint density at radius 3 is 2.96 bits per heavy atom. The Morgan fingerprint density at radius 2 is 2.15 bits per heavy atom. The third kappa shape index (κ3) is 3.32. The van der Waals surface area contributed by atoms with Crippen LogP contribution in [0.4, 0.5) is 10.5 Å². The standard InChI is InChI=1S/C20H26N4OS/c25-20(24-9-1-2-15(12-24)14-7-8-21-11-14)22-16-5-6-17-18(10-16)26-19(23-17)13-3-4-13/h5-6,10,13-15,21H,1-4,7-9,11-12H2,(H,22,25). The monoisotopic (exact) mass is 370 g/mol. The van der Waals surface area contributed by atoms with Gasteiger partial charge >= 0.3 is 6.03 Å². The molecule has 2 N–H and O–H groups in total. The average Bonchev–Trinajstić information content (AvgIpc) is 3.19. The van der Waals surface area contributed by atoms with E-state index in [0.29, 0.717) is 11.8 Å². The topological polar surface area (TPSA) is 57.3 Å². The molecule has 3 heterocycles. The molecule has 0 bridgehead atoms. The molecule has 138 valence electrons. The van der Waals surface area contributed by atoms with Crippen LogP contribution in [0.5, 0.6) is 0 Å². The molecule has 2 unspecified atom stereocenters. The van der Waals surface area contributed by atoms with Gasteiger partial charge in [-0.05, 0) is 75.2 Å². The number of benzene rings is 1. The van der Waals surface area contributed by atoms with Crippen LogP contribution < -0.4 is 10.6 Å². The van der Waals surface area contributed by atoms with Crippen LogP contribution >= 0.6 is 11.3 Å². The number of hydrogen-bond acceptors (Lipinski definition) is 4. The molecule has 1 saturated carbocycles. The maximum atomic E-state index is 12.8. The van der Waals surface area contributed by atoms with Crippen molar-refractivity contribution in [1.29, 1.82) is 0 Å². The molecule has 5 rings (SSSR count). The normalized spacial score (nSPS) is 26.4. The molecule has 1 aromatic heterocycles. The Kier molecular flexibility index (Phi) is 4.33. The van der Waals surface area contributed by atoms with E-state index in [0.717, 1.165) is 49.7 Å². The summed E-state index contributed by atoms with van der Waals surface area (Å²) < 4.78 is 1.18. The number of rotatable bonds is 3. The predicted molar refractivity (Wildman–Crippen MR) is 106 cm³/mol. The summed E-state index contributed by atoms with van der Waals surface area (Å²) in [5.41, 5.74) is 1.94. The van der Waals surface area contributed by atoms with Crippen LogP contribution in [-0.4, -0.2) is 42.1 Å². The van der Waals surface area contributed by atoms with Gasteiger partial charge in [-0.25, -0.2) is 9.78 Å². The lowest BCUT2D eigenvalue weighted by Crippen LogP contribution is -2.44. The molecule has 0 spiro atoms. The third-order valence-corrected chi connectivity index (χ3v) is 7.27. The Labute approximate surface area is 158 Å². The van der Waals surface area contributed by atoms with Gasteiger partial charge in [-0.15, -0.1) is 11.3 Å². The van der Waals surface area contributed by atoms with Crippen molar-refractivity contribution in [2.75, 3.05) is 31.5 Å². The van der Waals surface area contributed by atoms with Gasteiger partial charge < -0.3 is 15.5 Å². The van der Waals surface area contributed by atoms with Gasteiger partial charge in [0.1, 0.15) is 0 Å². The zero-order valence-corrected chi connectivity index (χ0v) is 15.9. The van der Waals surface area contributed by atoms with Crippen molar-refractivity contribution in [2.24, 2.45) is 11.8 Å². The highest BCUT2D eigenvalue weighted by Gasteiger charge is 2.31. The summed E-state index contributed by atoms with van der Waals surface area (Å²) in [6.45, 7) is 4.01. The van der Waals surface area contributed by atoms with Gasteiger partial charge in [-0.3, -0.25) is 0 Å². The number of piperidine rings is 1. The van der Waals surface area contributed by atoms with Crippen LogP contribution in [0, 0.1) is 11.8 Å². The first kappa shape index (κ1) is 16.5. The number of carbonyl (C=O) groups excluding carboxylic acids is 1. The van der Waals surface area contributed by atoms with Crippen molar-refractivity contribution >= 4 is 33.3 Å². The van der Waals surface area contributed by atoms with E-state index < -0.39 is 0 Å². The first-order valence-electron chi connectivity index (χ1n) is 9.93. The lowest BCUT2D eigenvalue weighted by molar-refractivity contribution is 0.154. The number of fused-ring (bicyclic) bond motifs is 1. The van der Waals surface area contributed by atoms with Gasteiger partial charge in [0.2, 0.25) is 0 Å². The molecule has 3 fully saturated rings. The van der Waals surface area contributed by atoms with Gasteiger partial charge in [-0.1, -0.05) is 0 Å². The Balaban J connectivity index is 1.26. The fraction of sp³-hybridized carbons (Fsp3) is 0.600. The molecule has 2 atom stereocenters. The van der Waals surface area contributed by atoms with Crippen LogP contribution in [0.15, 0.2) is 18.2 Å². The summed E-state index contributed by atoms with van der Waals surface area (Å²) in [6, 6.07) is 6.15. The third-order valence-electron chi connectivity index (χ3n) is 6.09. The van der Waals surface area contributed by atoms with Gasteiger partial charge in [0.25, 0.3) is 0 Å². The number of likely N-dealkylation sites (tertiary alicyclic amines) is 1. The number of carbonyl (C=O) groups is 1. The molecular weight excluding hydrogens is 344 g/mol. The number of urea groups is 1. The largest absolute Gasteiger partial charge is 0.324 e. The first-order valence-corrected chi connectivity index (χ1v) is 10.7. The van der Waals surface area contributed by atoms with E-state index in [-0.39, 0.29) is 6.03 Å². The molecule has 5 nitrogen and oxygen atoms in total. The molecule has 3 aliphatic rings. The zero-order chi connectivity index (χ0) is 17.5. The van der Waals surface area contributed by atoms with E-state index in [1.165, 1.54) is 35.4 Å². The summed E-state index contributed by atoms with van der Waals surface area (Å²) in [7, 11) is 0. The fourth-order valence-electron chi connectivity index (χ4n) is 4.39. The SMILES string of the molecule is O=C(Nc1ccc2nc(C3CC3)sc2c1)N1CCCC(C2CCNC2)C1. The number of nitrogens with one attached hydrogen (secondary N) is 2. The van der Waals surface area contributed by atoms with Gasteiger partial charge in [-0.2, -0.15) is 0 Å². The van der Waals surface area contributed by atoms with E-state index in [1.54, 1.807) is 11.3 Å². The Hall–Kier alpha value is -1.66. The van der Waals surface area contributed by atoms with Crippen molar-refractivity contribution < 1.29 is 4.79 Å². The maximum Gasteiger partial charge on any atom is 0.321 e. The first-order chi connectivity index (χ1) is 12.8. The van der Waals surface area contributed by atoms with Crippen molar-refractivity contribution in [1.82, 2.24) is 15.2 Å². The molecule has 1 aliphatic carbocycles. The quantitative estimate of drug-likeness (QED) is 0.858. The van der Waals surface area contributed by atoms with Crippen LogP contribution in [0.2, 0.25) is 0 Å². The molecular formula is C20H26N4OS. The lowest BCUT2D eigenvalue weighted by atomic mass is 9.85. The average molecular weight is 371 g/mol. The minimum absolute atomic E-state index is 0.0481. The number of nitrogens with zero attached hydrogens (tertiary/aromatic N) is 2. The molecule has 2 aliphatic heterocycles. The molecule has 6 heteroatoms. The second kappa shape index (κ2) is 6.82. The number of amides is 2. The summed E-state index contributed by atoms with van der Waals surface area (Å²) in [5.74, 6) is 2.07. The van der Waals surface area contributed by atoms with Gasteiger partial charge in [0.15, 0.2) is 0 Å². The maximum absolute atomic E-state index is 12.8. The van der Waals surface area contributed by atoms with Crippen LogP contribution in [0.1, 0.15) is 43.0 Å². The molecule has 26 heavy (non-hydrogen) atoms. The predicted octanol–water partition coefficient (Wildman–Crippen LogP) is 4.03. The number of anilines is 1. The molecule has 2 amide bonds. The van der Waals surface area contributed by atoms with Crippen molar-refractivity contribution in [3.05, 3.63) is 23.2 Å². The zero-order valence-electron chi connectivity index (χ0n) is 15.0. The van der Waals surface area contributed by atoms with Gasteiger partial charge in [0, 0.05) is 24.7 Å². The van der Waals surface area contributed by atoms with E-state index in [2.05, 4.69) is 16.7 Å². The van der Waals surface area contributed by atoms with E-state index in [1.807, 2.05) is 17.0 Å². The van der Waals surface area contributed by atoms with Crippen LogP contribution in [0.3, 0.4) is 0 Å². The summed E-state index contributed by atoms with van der Waals surface area (Å²) >= 11 is 1.78. The van der Waals surface area contributed by atoms with Crippen molar-refractivity contribution in [3.8, 4) is 0 Å². The second-order valence-electron chi connectivity index (χ2n) is 8.04. The molecule has 2 aromatic rings. The van der Waals surface area contributed by atoms with E-state index >= 15 is 0 Å². The second-order valence-corrected chi connectivity index (χ2v) is 9.10.